The first-order chi connectivity index (χ1) is 12.9. The zero-order valence-electron chi connectivity index (χ0n) is 15.9. The van der Waals surface area contributed by atoms with E-state index in [1.54, 1.807) is 36.4 Å². The number of phosphoric acid groups is 1. The second-order valence-corrected chi connectivity index (χ2v) is 7.35. The summed E-state index contributed by atoms with van der Waals surface area (Å²) in [6, 6.07) is 19.7. The van der Waals surface area contributed by atoms with Crippen molar-refractivity contribution >= 4 is 13.6 Å². The van der Waals surface area contributed by atoms with Crippen LogP contribution < -0.4 is 43.5 Å². The number of ketones is 1. The molecule has 138 valence electrons. The van der Waals surface area contributed by atoms with Gasteiger partial charge in [-0.25, -0.2) is 4.57 Å². The molecule has 1 unspecified atom stereocenters. The van der Waals surface area contributed by atoms with Crippen molar-refractivity contribution in [3.05, 3.63) is 95.1 Å². The Morgan fingerprint density at radius 1 is 0.857 bits per heavy atom. The Balaban J connectivity index is 0.00000280. The summed E-state index contributed by atoms with van der Waals surface area (Å²) in [5.41, 5.74) is 2.48. The molecule has 0 aliphatic carbocycles. The summed E-state index contributed by atoms with van der Waals surface area (Å²) in [5.74, 6) is -0.256. The number of hydrogen-bond acceptors (Lipinski definition) is 5. The van der Waals surface area contributed by atoms with E-state index in [1.165, 1.54) is 24.3 Å². The van der Waals surface area contributed by atoms with Crippen molar-refractivity contribution in [1.82, 2.24) is 0 Å². The molecular formula is C21H18NaO5P. The summed E-state index contributed by atoms with van der Waals surface area (Å²) in [6.07, 6.45) is 0. The van der Waals surface area contributed by atoms with E-state index in [0.717, 1.165) is 11.1 Å². The average Bonchev–Trinajstić information content (AvgIpc) is 2.62. The number of para-hydroxylation sites is 2. The van der Waals surface area contributed by atoms with E-state index >= 15 is 0 Å². The zero-order chi connectivity index (χ0) is 19.4. The van der Waals surface area contributed by atoms with E-state index in [0.29, 0.717) is 5.56 Å². The SMILES string of the molecule is Cc1ccc(C(=O)c2ccccc2OP(=O)([O-])Oc2ccccc2)c(C)c1.[Na+]. The number of benzene rings is 3. The van der Waals surface area contributed by atoms with Crippen molar-refractivity contribution in [2.75, 3.05) is 0 Å². The first kappa shape index (κ1) is 22.4. The van der Waals surface area contributed by atoms with Crippen molar-refractivity contribution in [3.63, 3.8) is 0 Å². The predicted molar refractivity (Wildman–Crippen MR) is 101 cm³/mol. The van der Waals surface area contributed by atoms with Gasteiger partial charge >= 0.3 is 37.4 Å². The van der Waals surface area contributed by atoms with Crippen molar-refractivity contribution < 1.29 is 52.9 Å². The Morgan fingerprint density at radius 2 is 1.50 bits per heavy atom. The molecule has 0 saturated carbocycles. The summed E-state index contributed by atoms with van der Waals surface area (Å²) < 4.78 is 22.3. The molecule has 0 N–H and O–H groups in total. The maximum absolute atomic E-state index is 12.9. The molecule has 0 spiro atoms. The zero-order valence-corrected chi connectivity index (χ0v) is 18.8. The average molecular weight is 404 g/mol. The van der Waals surface area contributed by atoms with E-state index in [2.05, 4.69) is 0 Å². The quantitative estimate of drug-likeness (QED) is 0.353. The van der Waals surface area contributed by atoms with Gasteiger partial charge in [0.15, 0.2) is 5.78 Å². The van der Waals surface area contributed by atoms with Crippen LogP contribution in [0.25, 0.3) is 0 Å². The molecule has 0 heterocycles. The molecule has 0 radical (unpaired) electrons. The van der Waals surface area contributed by atoms with E-state index < -0.39 is 7.82 Å². The number of carbonyl (C=O) groups is 1. The van der Waals surface area contributed by atoms with Crippen molar-refractivity contribution in [2.24, 2.45) is 0 Å². The summed E-state index contributed by atoms with van der Waals surface area (Å²) in [5, 5.41) is 0. The van der Waals surface area contributed by atoms with Gasteiger partial charge in [-0.2, -0.15) is 0 Å². The molecule has 0 fully saturated rings. The molecule has 5 nitrogen and oxygen atoms in total. The number of rotatable bonds is 6. The van der Waals surface area contributed by atoms with Gasteiger partial charge in [0.2, 0.25) is 0 Å². The minimum absolute atomic E-state index is 0. The van der Waals surface area contributed by atoms with E-state index in [-0.39, 0.29) is 52.4 Å². The van der Waals surface area contributed by atoms with Crippen LogP contribution >= 0.6 is 7.82 Å². The van der Waals surface area contributed by atoms with Gasteiger partial charge in [0.1, 0.15) is 11.5 Å². The Hall–Kier alpha value is -1.88. The molecule has 0 aliphatic rings. The van der Waals surface area contributed by atoms with Gasteiger partial charge in [-0.3, -0.25) is 4.79 Å². The standard InChI is InChI=1S/C21H19O5P.Na/c1-15-12-13-18(16(2)14-15)21(22)19-10-6-7-11-20(19)26-27(23,24)25-17-8-4-3-5-9-17;/h3-14H,1-2H3,(H,23,24);/q;+1/p-1. The van der Waals surface area contributed by atoms with Gasteiger partial charge in [0, 0.05) is 5.56 Å². The summed E-state index contributed by atoms with van der Waals surface area (Å²) in [6.45, 7) is 3.77. The molecule has 3 rings (SSSR count). The molecule has 0 bridgehead atoms. The van der Waals surface area contributed by atoms with Crippen LogP contribution in [0.1, 0.15) is 27.0 Å². The van der Waals surface area contributed by atoms with Crippen LogP contribution in [-0.4, -0.2) is 5.78 Å². The molecule has 7 heteroatoms. The van der Waals surface area contributed by atoms with Crippen LogP contribution in [0.2, 0.25) is 0 Å². The van der Waals surface area contributed by atoms with E-state index in [1.807, 2.05) is 26.0 Å². The predicted octanol–water partition coefficient (Wildman–Crippen LogP) is 1.46. The second-order valence-electron chi connectivity index (χ2n) is 6.09. The Labute approximate surface area is 186 Å². The number of hydrogen-bond donors (Lipinski definition) is 0. The summed E-state index contributed by atoms with van der Waals surface area (Å²) >= 11 is 0. The Morgan fingerprint density at radius 3 is 2.18 bits per heavy atom. The van der Waals surface area contributed by atoms with Gasteiger partial charge in [0.25, 0.3) is 0 Å². The van der Waals surface area contributed by atoms with Crippen LogP contribution in [0.3, 0.4) is 0 Å². The minimum Gasteiger partial charge on any atom is -0.736 e. The van der Waals surface area contributed by atoms with Crippen molar-refractivity contribution in [3.8, 4) is 11.5 Å². The van der Waals surface area contributed by atoms with Crippen LogP contribution in [0, 0.1) is 13.8 Å². The third-order valence-electron chi connectivity index (χ3n) is 3.93. The van der Waals surface area contributed by atoms with Gasteiger partial charge in [-0.1, -0.05) is 54.1 Å². The molecule has 3 aromatic carbocycles. The first-order valence-corrected chi connectivity index (χ1v) is 9.78. The fraction of sp³-hybridized carbons (Fsp3) is 0.0952. The monoisotopic (exact) mass is 404 g/mol. The topological polar surface area (TPSA) is 75.7 Å². The molecule has 0 aromatic heterocycles. The molecule has 3 aromatic rings. The van der Waals surface area contributed by atoms with Gasteiger partial charge in [-0.05, 0) is 43.7 Å². The van der Waals surface area contributed by atoms with E-state index in [4.69, 9.17) is 9.05 Å². The van der Waals surface area contributed by atoms with Crippen LogP contribution in [-0.2, 0) is 4.57 Å². The largest absolute Gasteiger partial charge is 1.00 e. The normalized spacial score (nSPS) is 12.4. The van der Waals surface area contributed by atoms with Crippen molar-refractivity contribution in [2.45, 2.75) is 13.8 Å². The second kappa shape index (κ2) is 9.55. The van der Waals surface area contributed by atoms with Gasteiger partial charge in [0.05, 0.1) is 5.56 Å². The Bertz CT molecular complexity index is 1020. The minimum atomic E-state index is -4.72. The third-order valence-corrected chi connectivity index (χ3v) is 4.78. The van der Waals surface area contributed by atoms with Gasteiger partial charge < -0.3 is 13.9 Å². The molecule has 0 amide bonds. The first-order valence-electron chi connectivity index (χ1n) is 8.32. The maximum atomic E-state index is 12.9. The third kappa shape index (κ3) is 5.57. The maximum Gasteiger partial charge on any atom is 1.00 e. The fourth-order valence-electron chi connectivity index (χ4n) is 2.70. The molecular weight excluding hydrogens is 386 g/mol. The van der Waals surface area contributed by atoms with Gasteiger partial charge in [-0.15, -0.1) is 0 Å². The van der Waals surface area contributed by atoms with Crippen molar-refractivity contribution in [1.29, 1.82) is 0 Å². The molecule has 1 atom stereocenters. The molecule has 0 aliphatic heterocycles. The Kier molecular flexibility index (Phi) is 7.64. The van der Waals surface area contributed by atoms with Crippen LogP contribution in [0.15, 0.2) is 72.8 Å². The number of carbonyl (C=O) groups excluding carboxylic acids is 1. The van der Waals surface area contributed by atoms with Crippen LogP contribution in [0.5, 0.6) is 11.5 Å². The number of phosphoric ester groups is 1. The fourth-order valence-corrected chi connectivity index (χ4v) is 3.51. The smallest absolute Gasteiger partial charge is 0.736 e. The van der Waals surface area contributed by atoms with Crippen LogP contribution in [0.4, 0.5) is 0 Å². The summed E-state index contributed by atoms with van der Waals surface area (Å²) in [7, 11) is -4.72. The molecule has 0 saturated heterocycles. The summed E-state index contributed by atoms with van der Waals surface area (Å²) in [4.78, 5) is 25.2. The molecule has 28 heavy (non-hydrogen) atoms. The van der Waals surface area contributed by atoms with E-state index in [9.17, 15) is 14.3 Å². The number of aryl methyl sites for hydroxylation is 2.